The maximum Gasteiger partial charge on any atom is 0.261 e. The molecule has 2 heterocycles. The number of carbonyl (C=O) groups is 3. The molecule has 0 bridgehead atoms. The first-order valence-corrected chi connectivity index (χ1v) is 15.2. The quantitative estimate of drug-likeness (QED) is 0.228. The van der Waals surface area contributed by atoms with E-state index in [1.54, 1.807) is 24.3 Å². The number of hydrogen-bond donors (Lipinski definition) is 1. The number of benzene rings is 3. The number of nitrogens with two attached hydrogens (primary N) is 1. The molecule has 5 rings (SSSR count). The van der Waals surface area contributed by atoms with E-state index in [1.165, 1.54) is 4.90 Å². The zero-order valence-electron chi connectivity index (χ0n) is 24.6. The molecule has 220 valence electrons. The van der Waals surface area contributed by atoms with Gasteiger partial charge in [-0.05, 0) is 68.6 Å². The van der Waals surface area contributed by atoms with Crippen LogP contribution in [-0.2, 0) is 10.2 Å². The Morgan fingerprint density at radius 3 is 1.90 bits per heavy atom. The Bertz CT molecular complexity index is 1300. The second-order valence-electron chi connectivity index (χ2n) is 11.7. The van der Waals surface area contributed by atoms with Crippen molar-refractivity contribution in [2.24, 2.45) is 11.7 Å². The maximum atomic E-state index is 13.3. The first-order valence-electron chi connectivity index (χ1n) is 15.2. The van der Waals surface area contributed by atoms with Crippen LogP contribution >= 0.6 is 0 Å². The van der Waals surface area contributed by atoms with Crippen molar-refractivity contribution in [2.75, 3.05) is 46.3 Å². The Morgan fingerprint density at radius 2 is 1.33 bits per heavy atom. The average Bonchev–Trinajstić information content (AvgIpc) is 3.58. The van der Waals surface area contributed by atoms with Crippen molar-refractivity contribution in [3.8, 4) is 0 Å². The van der Waals surface area contributed by atoms with Crippen LogP contribution in [0, 0.1) is 5.92 Å². The normalized spacial score (nSPS) is 17.3. The number of likely N-dealkylation sites (N-methyl/N-ethyl adjacent to an activating group) is 1. The summed E-state index contributed by atoms with van der Waals surface area (Å²) in [5.41, 5.74) is 8.37. The van der Waals surface area contributed by atoms with Gasteiger partial charge < -0.3 is 15.5 Å². The van der Waals surface area contributed by atoms with Gasteiger partial charge in [0.05, 0.1) is 11.1 Å². The number of rotatable bonds is 14. The van der Waals surface area contributed by atoms with Crippen LogP contribution in [0.3, 0.4) is 0 Å². The fourth-order valence-electron chi connectivity index (χ4n) is 6.79. The third-order valence-electron chi connectivity index (χ3n) is 9.08. The Labute approximate surface area is 249 Å². The molecule has 2 N–H and O–H groups in total. The molecule has 3 aromatic carbocycles. The van der Waals surface area contributed by atoms with Crippen molar-refractivity contribution in [3.05, 3.63) is 107 Å². The number of hydrogen-bond acceptors (Lipinski definition) is 5. The van der Waals surface area contributed by atoms with Crippen LogP contribution in [0.15, 0.2) is 84.9 Å². The number of amides is 3. The molecule has 7 heteroatoms. The van der Waals surface area contributed by atoms with E-state index >= 15 is 0 Å². The highest BCUT2D eigenvalue weighted by molar-refractivity contribution is 6.21. The Balaban J connectivity index is 1.06. The molecule has 1 saturated heterocycles. The summed E-state index contributed by atoms with van der Waals surface area (Å²) in [6, 6.07) is 27.1. The zero-order chi connectivity index (χ0) is 29.5. The third-order valence-corrected chi connectivity index (χ3v) is 9.08. The lowest BCUT2D eigenvalue weighted by Gasteiger charge is -2.37. The van der Waals surface area contributed by atoms with Gasteiger partial charge in [-0.3, -0.25) is 19.3 Å². The minimum atomic E-state index is -0.851. The standard InChI is InChI=1S/C35H42N4O3/c1-37(21-12-2-3-13-22-39-32(40)30-18-10-11-19-31(30)33(39)41)24-25-38-23-20-29(26-38)35(34(36)42,27-14-6-4-7-15-27)28-16-8-5-9-17-28/h4-11,14-19,29H,2-3,12-13,20-26H2,1H3,(H2,36,42). The molecule has 2 aliphatic heterocycles. The maximum absolute atomic E-state index is 13.3. The lowest BCUT2D eigenvalue weighted by molar-refractivity contribution is -0.123. The average molecular weight is 567 g/mol. The van der Waals surface area contributed by atoms with Crippen molar-refractivity contribution < 1.29 is 14.4 Å². The van der Waals surface area contributed by atoms with E-state index in [0.717, 1.165) is 76.0 Å². The molecule has 42 heavy (non-hydrogen) atoms. The summed E-state index contributed by atoms with van der Waals surface area (Å²) in [5.74, 6) is -0.515. The smallest absolute Gasteiger partial charge is 0.261 e. The second kappa shape index (κ2) is 13.4. The number of imide groups is 1. The summed E-state index contributed by atoms with van der Waals surface area (Å²) in [7, 11) is 2.16. The van der Waals surface area contributed by atoms with E-state index in [1.807, 2.05) is 60.7 Å². The molecule has 0 radical (unpaired) electrons. The monoisotopic (exact) mass is 566 g/mol. The molecule has 2 aliphatic rings. The minimum Gasteiger partial charge on any atom is -0.369 e. The van der Waals surface area contributed by atoms with Gasteiger partial charge in [-0.1, -0.05) is 85.6 Å². The number of fused-ring (bicyclic) bond motifs is 1. The van der Waals surface area contributed by atoms with E-state index in [9.17, 15) is 14.4 Å². The van der Waals surface area contributed by atoms with Gasteiger partial charge in [-0.25, -0.2) is 0 Å². The van der Waals surface area contributed by atoms with Crippen molar-refractivity contribution in [1.82, 2.24) is 14.7 Å². The topological polar surface area (TPSA) is 87.0 Å². The number of carbonyl (C=O) groups excluding carboxylic acids is 3. The molecule has 0 saturated carbocycles. The molecule has 0 spiro atoms. The van der Waals surface area contributed by atoms with E-state index in [-0.39, 0.29) is 23.6 Å². The van der Waals surface area contributed by atoms with Crippen molar-refractivity contribution >= 4 is 17.7 Å². The lowest BCUT2D eigenvalue weighted by Crippen LogP contribution is -2.49. The van der Waals surface area contributed by atoms with Crippen LogP contribution in [0.1, 0.15) is 63.9 Å². The fourth-order valence-corrected chi connectivity index (χ4v) is 6.79. The minimum absolute atomic E-state index is 0.104. The largest absolute Gasteiger partial charge is 0.369 e. The molecule has 7 nitrogen and oxygen atoms in total. The lowest BCUT2D eigenvalue weighted by atomic mass is 9.64. The van der Waals surface area contributed by atoms with Crippen LogP contribution in [0.5, 0.6) is 0 Å². The van der Waals surface area contributed by atoms with Gasteiger partial charge in [0, 0.05) is 26.2 Å². The Hall–Kier alpha value is -3.81. The summed E-state index contributed by atoms with van der Waals surface area (Å²) in [5, 5.41) is 0. The summed E-state index contributed by atoms with van der Waals surface area (Å²) < 4.78 is 0. The molecule has 1 fully saturated rings. The second-order valence-corrected chi connectivity index (χ2v) is 11.7. The molecule has 3 aromatic rings. The van der Waals surface area contributed by atoms with E-state index in [2.05, 4.69) is 16.8 Å². The predicted molar refractivity (Wildman–Crippen MR) is 165 cm³/mol. The van der Waals surface area contributed by atoms with Gasteiger partial charge >= 0.3 is 0 Å². The molecule has 0 aromatic heterocycles. The third kappa shape index (κ3) is 6.03. The first-order chi connectivity index (χ1) is 20.4. The molecular weight excluding hydrogens is 524 g/mol. The van der Waals surface area contributed by atoms with Gasteiger partial charge in [0.15, 0.2) is 0 Å². The van der Waals surface area contributed by atoms with E-state index in [0.29, 0.717) is 17.7 Å². The van der Waals surface area contributed by atoms with Crippen LogP contribution in [0.25, 0.3) is 0 Å². The first kappa shape index (κ1) is 29.7. The van der Waals surface area contributed by atoms with Gasteiger partial charge in [0.1, 0.15) is 5.41 Å². The number of nitrogens with zero attached hydrogens (tertiary/aromatic N) is 3. The highest BCUT2D eigenvalue weighted by atomic mass is 16.2. The number of unbranched alkanes of at least 4 members (excludes halogenated alkanes) is 3. The summed E-state index contributed by atoms with van der Waals surface area (Å²) >= 11 is 0. The number of likely N-dealkylation sites (tertiary alicyclic amines) is 1. The SMILES string of the molecule is CN(CCCCCCN1C(=O)c2ccccc2C1=O)CCN1CCC(C(C(N)=O)(c2ccccc2)c2ccccc2)C1. The summed E-state index contributed by atoms with van der Waals surface area (Å²) in [6.45, 7) is 5.18. The van der Waals surface area contributed by atoms with Gasteiger partial charge in [0.25, 0.3) is 11.8 Å². The van der Waals surface area contributed by atoms with E-state index < -0.39 is 5.41 Å². The highest BCUT2D eigenvalue weighted by Gasteiger charge is 2.49. The van der Waals surface area contributed by atoms with Crippen LogP contribution in [-0.4, -0.2) is 78.7 Å². The Morgan fingerprint density at radius 1 is 0.786 bits per heavy atom. The highest BCUT2D eigenvalue weighted by Crippen LogP contribution is 2.43. The zero-order valence-corrected chi connectivity index (χ0v) is 24.6. The van der Waals surface area contributed by atoms with Crippen molar-refractivity contribution in [3.63, 3.8) is 0 Å². The summed E-state index contributed by atoms with van der Waals surface area (Å²) in [6.07, 6.45) is 4.88. The molecular formula is C35H42N4O3. The fraction of sp³-hybridized carbons (Fsp3) is 0.400. The summed E-state index contributed by atoms with van der Waals surface area (Å²) in [4.78, 5) is 44.6. The van der Waals surface area contributed by atoms with Gasteiger partial charge in [-0.15, -0.1) is 0 Å². The molecule has 0 aliphatic carbocycles. The molecule has 3 amide bonds. The van der Waals surface area contributed by atoms with Crippen LogP contribution in [0.2, 0.25) is 0 Å². The van der Waals surface area contributed by atoms with Crippen LogP contribution < -0.4 is 5.73 Å². The van der Waals surface area contributed by atoms with Gasteiger partial charge in [-0.2, -0.15) is 0 Å². The van der Waals surface area contributed by atoms with Gasteiger partial charge in [0.2, 0.25) is 5.91 Å². The Kier molecular flexibility index (Phi) is 9.50. The van der Waals surface area contributed by atoms with E-state index in [4.69, 9.17) is 5.73 Å². The van der Waals surface area contributed by atoms with Crippen molar-refractivity contribution in [1.29, 1.82) is 0 Å². The molecule has 1 unspecified atom stereocenters. The number of primary amides is 1. The van der Waals surface area contributed by atoms with Crippen molar-refractivity contribution in [2.45, 2.75) is 37.5 Å². The van der Waals surface area contributed by atoms with Crippen LogP contribution in [0.4, 0.5) is 0 Å². The predicted octanol–water partition coefficient (Wildman–Crippen LogP) is 4.57. The molecule has 1 atom stereocenters.